The summed E-state index contributed by atoms with van der Waals surface area (Å²) < 4.78 is 4.80. The number of ether oxygens (including phenoxy) is 1. The van der Waals surface area contributed by atoms with Gasteiger partial charge in [0.1, 0.15) is 6.61 Å². The maximum absolute atomic E-state index is 11.5. The van der Waals surface area contributed by atoms with Crippen LogP contribution in [0.1, 0.15) is 47.7 Å². The second-order valence-corrected chi connectivity index (χ2v) is 5.77. The van der Waals surface area contributed by atoms with Gasteiger partial charge >= 0.3 is 0 Å². The van der Waals surface area contributed by atoms with Gasteiger partial charge in [-0.2, -0.15) is 0 Å². The summed E-state index contributed by atoms with van der Waals surface area (Å²) in [5.41, 5.74) is 6.74. The molecular weight excluding hydrogens is 282 g/mol. The molecule has 0 aliphatic heterocycles. The second-order valence-electron chi connectivity index (χ2n) is 5.77. The van der Waals surface area contributed by atoms with Gasteiger partial charge in [-0.25, -0.2) is 0 Å². The van der Waals surface area contributed by atoms with Gasteiger partial charge in [-0.05, 0) is 37.3 Å². The fourth-order valence-corrected chi connectivity index (χ4v) is 3.12. The van der Waals surface area contributed by atoms with E-state index in [9.17, 15) is 9.59 Å². The number of nitrogens with one attached hydrogen (secondary N) is 1. The average molecular weight is 305 g/mol. The molecule has 1 aromatic rings. The van der Waals surface area contributed by atoms with E-state index in [4.69, 9.17) is 10.5 Å². The van der Waals surface area contributed by atoms with Gasteiger partial charge in [0.25, 0.3) is 5.91 Å². The fourth-order valence-electron chi connectivity index (χ4n) is 3.12. The number of hydrogen-bond donors (Lipinski definition) is 2. The SMILES string of the molecule is COCC(=O)NCC1CCCC(c2ncccc2C(N)=O)C1. The van der Waals surface area contributed by atoms with Crippen LogP contribution in [0.2, 0.25) is 0 Å². The number of nitrogens with two attached hydrogens (primary N) is 1. The Hall–Kier alpha value is -1.95. The summed E-state index contributed by atoms with van der Waals surface area (Å²) in [7, 11) is 1.50. The summed E-state index contributed by atoms with van der Waals surface area (Å²) in [6.45, 7) is 0.722. The first-order valence-corrected chi connectivity index (χ1v) is 7.62. The highest BCUT2D eigenvalue weighted by molar-refractivity contribution is 5.94. The smallest absolute Gasteiger partial charge is 0.250 e. The van der Waals surface area contributed by atoms with Gasteiger partial charge in [-0.15, -0.1) is 0 Å². The first-order valence-electron chi connectivity index (χ1n) is 7.62. The third-order valence-corrected chi connectivity index (χ3v) is 4.14. The predicted octanol–water partition coefficient (Wildman–Crippen LogP) is 1.22. The van der Waals surface area contributed by atoms with Gasteiger partial charge < -0.3 is 15.8 Å². The van der Waals surface area contributed by atoms with Crippen molar-refractivity contribution in [3.63, 3.8) is 0 Å². The Labute approximate surface area is 130 Å². The molecule has 1 fully saturated rings. The van der Waals surface area contributed by atoms with Crippen LogP contribution in [0.15, 0.2) is 18.3 Å². The minimum Gasteiger partial charge on any atom is -0.375 e. The molecule has 0 saturated heterocycles. The van der Waals surface area contributed by atoms with E-state index in [2.05, 4.69) is 10.3 Å². The van der Waals surface area contributed by atoms with Crippen molar-refractivity contribution in [2.45, 2.75) is 31.6 Å². The van der Waals surface area contributed by atoms with Crippen molar-refractivity contribution in [1.82, 2.24) is 10.3 Å². The van der Waals surface area contributed by atoms with Crippen LogP contribution in [0, 0.1) is 5.92 Å². The number of carbonyl (C=O) groups excluding carboxylic acids is 2. The second kappa shape index (κ2) is 7.89. The molecular formula is C16H23N3O3. The molecule has 0 bridgehead atoms. The number of primary amides is 1. The molecule has 1 aliphatic carbocycles. The van der Waals surface area contributed by atoms with Crippen molar-refractivity contribution in [2.24, 2.45) is 11.7 Å². The molecule has 0 aromatic carbocycles. The normalized spacial score (nSPS) is 21.3. The summed E-state index contributed by atoms with van der Waals surface area (Å²) in [6, 6.07) is 3.46. The Morgan fingerprint density at radius 3 is 3.00 bits per heavy atom. The largest absolute Gasteiger partial charge is 0.375 e. The van der Waals surface area contributed by atoms with Crippen LogP contribution >= 0.6 is 0 Å². The Kier molecular flexibility index (Phi) is 5.89. The molecule has 2 atom stereocenters. The lowest BCUT2D eigenvalue weighted by Crippen LogP contribution is -2.34. The molecule has 22 heavy (non-hydrogen) atoms. The van der Waals surface area contributed by atoms with E-state index in [-0.39, 0.29) is 18.4 Å². The fraction of sp³-hybridized carbons (Fsp3) is 0.562. The number of pyridine rings is 1. The lowest BCUT2D eigenvalue weighted by atomic mass is 9.78. The van der Waals surface area contributed by atoms with E-state index < -0.39 is 5.91 Å². The molecule has 3 N–H and O–H groups in total. The number of hydrogen-bond acceptors (Lipinski definition) is 4. The molecule has 2 rings (SSSR count). The van der Waals surface area contributed by atoms with E-state index in [1.165, 1.54) is 7.11 Å². The third-order valence-electron chi connectivity index (χ3n) is 4.14. The zero-order valence-corrected chi connectivity index (χ0v) is 12.9. The molecule has 0 spiro atoms. The quantitative estimate of drug-likeness (QED) is 0.826. The zero-order valence-electron chi connectivity index (χ0n) is 12.9. The Bertz CT molecular complexity index is 533. The number of methoxy groups -OCH3 is 1. The summed E-state index contributed by atoms with van der Waals surface area (Å²) in [5, 5.41) is 2.89. The van der Waals surface area contributed by atoms with Crippen molar-refractivity contribution >= 4 is 11.8 Å². The minimum absolute atomic E-state index is 0.0855. The Morgan fingerprint density at radius 1 is 1.45 bits per heavy atom. The molecule has 6 heteroatoms. The van der Waals surface area contributed by atoms with Crippen molar-refractivity contribution in [3.05, 3.63) is 29.6 Å². The molecule has 120 valence electrons. The van der Waals surface area contributed by atoms with Crippen molar-refractivity contribution in [2.75, 3.05) is 20.3 Å². The van der Waals surface area contributed by atoms with E-state index in [0.29, 0.717) is 18.0 Å². The molecule has 6 nitrogen and oxygen atoms in total. The van der Waals surface area contributed by atoms with E-state index in [0.717, 1.165) is 31.4 Å². The van der Waals surface area contributed by atoms with Gasteiger partial charge in [0, 0.05) is 25.8 Å². The van der Waals surface area contributed by atoms with E-state index in [1.54, 1.807) is 18.3 Å². The molecule has 1 saturated carbocycles. The van der Waals surface area contributed by atoms with Crippen LogP contribution in [0.25, 0.3) is 0 Å². The summed E-state index contributed by atoms with van der Waals surface area (Å²) in [6.07, 6.45) is 5.74. The monoisotopic (exact) mass is 305 g/mol. The van der Waals surface area contributed by atoms with Crippen LogP contribution in [0.3, 0.4) is 0 Å². The summed E-state index contributed by atoms with van der Waals surface area (Å²) in [4.78, 5) is 27.4. The van der Waals surface area contributed by atoms with E-state index in [1.807, 2.05) is 0 Å². The van der Waals surface area contributed by atoms with Gasteiger partial charge in [0.15, 0.2) is 0 Å². The summed E-state index contributed by atoms with van der Waals surface area (Å²) >= 11 is 0. The van der Waals surface area contributed by atoms with Crippen LogP contribution in [-0.2, 0) is 9.53 Å². The molecule has 1 aliphatic rings. The van der Waals surface area contributed by atoms with Gasteiger partial charge in [-0.3, -0.25) is 14.6 Å². The molecule has 1 aromatic heterocycles. The molecule has 2 amide bonds. The average Bonchev–Trinajstić information content (AvgIpc) is 2.53. The van der Waals surface area contributed by atoms with Gasteiger partial charge in [0.05, 0.1) is 11.3 Å². The van der Waals surface area contributed by atoms with Crippen molar-refractivity contribution in [1.29, 1.82) is 0 Å². The number of carbonyl (C=O) groups is 2. The van der Waals surface area contributed by atoms with Crippen molar-refractivity contribution in [3.8, 4) is 0 Å². The van der Waals surface area contributed by atoms with Crippen LogP contribution in [0.5, 0.6) is 0 Å². The highest BCUT2D eigenvalue weighted by atomic mass is 16.5. The van der Waals surface area contributed by atoms with E-state index >= 15 is 0 Å². The topological polar surface area (TPSA) is 94.3 Å². The lowest BCUT2D eigenvalue weighted by molar-refractivity contribution is -0.124. The highest BCUT2D eigenvalue weighted by Crippen LogP contribution is 2.36. The first-order chi connectivity index (χ1) is 10.6. The number of amides is 2. The number of nitrogens with zero attached hydrogens (tertiary/aromatic N) is 1. The Balaban J connectivity index is 1.99. The molecule has 1 heterocycles. The lowest BCUT2D eigenvalue weighted by Gasteiger charge is -2.29. The predicted molar refractivity (Wildman–Crippen MR) is 82.3 cm³/mol. The van der Waals surface area contributed by atoms with Crippen LogP contribution in [0.4, 0.5) is 0 Å². The highest BCUT2D eigenvalue weighted by Gasteiger charge is 2.27. The molecule has 0 radical (unpaired) electrons. The van der Waals surface area contributed by atoms with Gasteiger partial charge in [0.2, 0.25) is 5.91 Å². The van der Waals surface area contributed by atoms with Crippen molar-refractivity contribution < 1.29 is 14.3 Å². The maximum atomic E-state index is 11.5. The summed E-state index contributed by atoms with van der Waals surface area (Å²) in [5.74, 6) is 0.0861. The Morgan fingerprint density at radius 2 is 2.27 bits per heavy atom. The number of rotatable bonds is 6. The maximum Gasteiger partial charge on any atom is 0.250 e. The third kappa shape index (κ3) is 4.27. The first kappa shape index (κ1) is 16.4. The van der Waals surface area contributed by atoms with Gasteiger partial charge in [-0.1, -0.05) is 6.42 Å². The standard InChI is InChI=1S/C16H23N3O3/c1-22-10-14(20)19-9-11-4-2-5-12(8-11)15-13(16(17)21)6-3-7-18-15/h3,6-7,11-12H,2,4-5,8-10H2,1H3,(H2,17,21)(H,19,20). The molecule has 2 unspecified atom stereocenters. The van der Waals surface area contributed by atoms with Crippen LogP contribution < -0.4 is 11.1 Å². The zero-order chi connectivity index (χ0) is 15.9. The minimum atomic E-state index is -0.432. The van der Waals surface area contributed by atoms with Crippen LogP contribution in [-0.4, -0.2) is 37.1 Å². The number of aromatic nitrogens is 1.